The van der Waals surface area contributed by atoms with Crippen molar-refractivity contribution in [2.75, 3.05) is 0 Å². The van der Waals surface area contributed by atoms with Crippen LogP contribution in [0.1, 0.15) is 5.56 Å². The maximum atomic E-state index is 9.28. The molecule has 2 heteroatoms. The van der Waals surface area contributed by atoms with E-state index in [1.807, 2.05) is 18.2 Å². The second-order valence-electron chi connectivity index (χ2n) is 2.38. The van der Waals surface area contributed by atoms with Crippen molar-refractivity contribution in [3.8, 4) is 5.75 Å². The van der Waals surface area contributed by atoms with Crippen molar-refractivity contribution < 1.29 is 29.7 Å². The van der Waals surface area contributed by atoms with Crippen molar-refractivity contribution in [1.29, 1.82) is 0 Å². The first kappa shape index (κ1) is 8.06. The monoisotopic (exact) mass is 324 g/mol. The van der Waals surface area contributed by atoms with E-state index in [4.69, 9.17) is 0 Å². The third kappa shape index (κ3) is 1.98. The molecular formula is C8H10HgO. The molecule has 0 aliphatic carbocycles. The summed E-state index contributed by atoms with van der Waals surface area (Å²) in [4.78, 5) is 0. The molecule has 0 amide bonds. The zero-order valence-electron chi connectivity index (χ0n) is 6.17. The van der Waals surface area contributed by atoms with Gasteiger partial charge in [0.1, 0.15) is 0 Å². The van der Waals surface area contributed by atoms with E-state index in [0.29, 0.717) is 5.75 Å². The second-order valence-corrected chi connectivity index (χ2v) is 8.21. The van der Waals surface area contributed by atoms with E-state index in [1.165, 1.54) is 3.93 Å². The summed E-state index contributed by atoms with van der Waals surface area (Å²) >= 11 is -0.594. The molecule has 1 N–H and O–H groups in total. The maximum absolute atomic E-state index is 9.28. The van der Waals surface area contributed by atoms with Gasteiger partial charge >= 0.3 is 73.6 Å². The van der Waals surface area contributed by atoms with E-state index in [0.717, 1.165) is 5.56 Å². The number of phenols is 1. The summed E-state index contributed by atoms with van der Waals surface area (Å²) in [6.07, 6.45) is 0. The molecule has 0 fully saturated rings. The molecule has 0 radical (unpaired) electrons. The van der Waals surface area contributed by atoms with E-state index in [-0.39, 0.29) is 0 Å². The average molecular weight is 323 g/mol. The molecule has 0 atom stereocenters. The molecular weight excluding hydrogens is 313 g/mol. The van der Waals surface area contributed by atoms with Gasteiger partial charge in [0.25, 0.3) is 0 Å². The second kappa shape index (κ2) is 3.97. The Labute approximate surface area is 73.5 Å². The van der Waals surface area contributed by atoms with E-state index < -0.39 is 24.6 Å². The van der Waals surface area contributed by atoms with Crippen molar-refractivity contribution in [2.24, 2.45) is 0 Å². The van der Waals surface area contributed by atoms with Gasteiger partial charge in [0.2, 0.25) is 0 Å². The van der Waals surface area contributed by atoms with Crippen LogP contribution >= 0.6 is 0 Å². The van der Waals surface area contributed by atoms with E-state index in [9.17, 15) is 5.11 Å². The van der Waals surface area contributed by atoms with Gasteiger partial charge in [0.15, 0.2) is 0 Å². The fourth-order valence-electron chi connectivity index (χ4n) is 0.992. The number of benzene rings is 1. The summed E-state index contributed by atoms with van der Waals surface area (Å²) in [5.41, 5.74) is 1.15. The summed E-state index contributed by atoms with van der Waals surface area (Å²) in [5.74, 6) is 0.476. The van der Waals surface area contributed by atoms with Gasteiger partial charge in [-0.2, -0.15) is 0 Å². The summed E-state index contributed by atoms with van der Waals surface area (Å²) < 4.78 is 3.51. The van der Waals surface area contributed by atoms with Gasteiger partial charge in [0.05, 0.1) is 0 Å². The topological polar surface area (TPSA) is 20.2 Å². The number of aromatic hydroxyl groups is 1. The van der Waals surface area contributed by atoms with Crippen LogP contribution in [0.5, 0.6) is 5.75 Å². The molecule has 50 valence electrons. The molecule has 1 aromatic rings. The average Bonchev–Trinajstić information content (AvgIpc) is 1.94. The van der Waals surface area contributed by atoms with Gasteiger partial charge in [0, 0.05) is 0 Å². The summed E-state index contributed by atoms with van der Waals surface area (Å²) in [6.45, 7) is 0. The van der Waals surface area contributed by atoms with Crippen LogP contribution in [0.4, 0.5) is 0 Å². The SMILES string of the molecule is [CH3][Hg][CH2]c1ccccc1O. The summed E-state index contributed by atoms with van der Waals surface area (Å²) in [5, 5.41) is 9.28. The normalized spacial score (nSPS) is 8.90. The molecule has 0 aromatic heterocycles. The van der Waals surface area contributed by atoms with Crippen molar-refractivity contribution in [1.82, 2.24) is 0 Å². The minimum atomic E-state index is -0.594. The van der Waals surface area contributed by atoms with Crippen LogP contribution in [0.25, 0.3) is 0 Å². The molecule has 0 spiro atoms. The standard InChI is InChI=1S/C7H7O.CH3.Hg/c1-6-4-2-3-5-7(6)8;;/h2-5,8H,1H2;1H3;. The van der Waals surface area contributed by atoms with Gasteiger partial charge in [-0.05, 0) is 0 Å². The Bertz CT molecular complexity index is 210. The first-order valence-corrected chi connectivity index (χ1v) is 13.0. The van der Waals surface area contributed by atoms with Gasteiger partial charge in [-0.15, -0.1) is 0 Å². The van der Waals surface area contributed by atoms with Crippen molar-refractivity contribution in [3.05, 3.63) is 29.8 Å². The molecule has 0 bridgehead atoms. The minimum absolute atomic E-state index is 0.476. The number of rotatable bonds is 2. The Balaban J connectivity index is 2.81. The molecule has 0 aliphatic rings. The fourth-order valence-corrected chi connectivity index (χ4v) is 4.73. The van der Waals surface area contributed by atoms with Crippen LogP contribution in [0.15, 0.2) is 24.3 Å². The first-order valence-electron chi connectivity index (χ1n) is 3.61. The molecule has 0 unspecified atom stereocenters. The van der Waals surface area contributed by atoms with Crippen LogP contribution in [-0.2, 0) is 28.5 Å². The van der Waals surface area contributed by atoms with Crippen LogP contribution < -0.4 is 0 Å². The van der Waals surface area contributed by atoms with E-state index in [1.54, 1.807) is 6.07 Å². The predicted molar refractivity (Wildman–Crippen MR) is 37.7 cm³/mol. The summed E-state index contributed by atoms with van der Waals surface area (Å²) in [6, 6.07) is 7.63. The van der Waals surface area contributed by atoms with Gasteiger partial charge < -0.3 is 0 Å². The van der Waals surface area contributed by atoms with Gasteiger partial charge in [-0.1, -0.05) is 0 Å². The summed E-state index contributed by atoms with van der Waals surface area (Å²) in [7, 11) is 0. The molecule has 10 heavy (non-hydrogen) atoms. The Hall–Kier alpha value is -0.0449. The first-order chi connectivity index (χ1) is 4.84. The fraction of sp³-hybridized carbons (Fsp3) is 0.250. The zero-order chi connectivity index (χ0) is 7.40. The van der Waals surface area contributed by atoms with Crippen molar-refractivity contribution in [3.63, 3.8) is 0 Å². The van der Waals surface area contributed by atoms with E-state index >= 15 is 0 Å². The Kier molecular flexibility index (Phi) is 3.19. The quantitative estimate of drug-likeness (QED) is 0.826. The van der Waals surface area contributed by atoms with Crippen LogP contribution in [0, 0.1) is 0 Å². The number of para-hydroxylation sites is 1. The Morgan fingerprint density at radius 1 is 1.40 bits per heavy atom. The molecule has 0 aliphatic heterocycles. The Morgan fingerprint density at radius 3 is 2.70 bits per heavy atom. The van der Waals surface area contributed by atoms with Gasteiger partial charge in [-0.25, -0.2) is 0 Å². The van der Waals surface area contributed by atoms with Crippen molar-refractivity contribution in [2.45, 2.75) is 8.36 Å². The van der Waals surface area contributed by atoms with Gasteiger partial charge in [-0.3, -0.25) is 0 Å². The molecule has 0 saturated carbocycles. The predicted octanol–water partition coefficient (Wildman–Crippen LogP) is 2.02. The van der Waals surface area contributed by atoms with E-state index in [2.05, 4.69) is 4.43 Å². The zero-order valence-corrected chi connectivity index (χ0v) is 11.7. The third-order valence-electron chi connectivity index (χ3n) is 1.51. The number of phenolic OH excluding ortho intramolecular Hbond substituents is 1. The van der Waals surface area contributed by atoms with Crippen LogP contribution in [-0.4, -0.2) is 5.11 Å². The van der Waals surface area contributed by atoms with Crippen LogP contribution in [0.3, 0.4) is 0 Å². The van der Waals surface area contributed by atoms with Crippen LogP contribution in [0.2, 0.25) is 4.43 Å². The number of hydrogen-bond acceptors (Lipinski definition) is 1. The molecule has 0 saturated heterocycles. The molecule has 0 heterocycles. The number of hydrogen-bond donors (Lipinski definition) is 1. The molecule has 1 aromatic carbocycles. The molecule has 1 nitrogen and oxygen atoms in total. The third-order valence-corrected chi connectivity index (χ3v) is 5.55. The van der Waals surface area contributed by atoms with Crippen molar-refractivity contribution >= 4 is 0 Å². The molecule has 1 rings (SSSR count). The Morgan fingerprint density at radius 2 is 2.10 bits per heavy atom.